The monoisotopic (exact) mass is 359 g/mol. The van der Waals surface area contributed by atoms with Gasteiger partial charge in [0.05, 0.1) is 11.6 Å². The van der Waals surface area contributed by atoms with E-state index in [2.05, 4.69) is 30.2 Å². The summed E-state index contributed by atoms with van der Waals surface area (Å²) in [4.78, 5) is 27.4. The first-order valence-electron chi connectivity index (χ1n) is 8.92. The van der Waals surface area contributed by atoms with Crippen LogP contribution < -0.4 is 10.9 Å². The lowest BCUT2D eigenvalue weighted by Crippen LogP contribution is -2.27. The maximum atomic E-state index is 12.3. The number of nitrogens with one attached hydrogen (secondary N) is 2. The van der Waals surface area contributed by atoms with Gasteiger partial charge in [-0.25, -0.2) is 0 Å². The van der Waals surface area contributed by atoms with Crippen LogP contribution in [0.3, 0.4) is 0 Å². The fourth-order valence-electron chi connectivity index (χ4n) is 2.96. The molecule has 0 atom stereocenters. The molecule has 0 bridgehead atoms. The second kappa shape index (κ2) is 7.88. The van der Waals surface area contributed by atoms with Crippen LogP contribution in [0.15, 0.2) is 53.3 Å². The van der Waals surface area contributed by atoms with E-state index < -0.39 is 0 Å². The Bertz CT molecular complexity index is 1090. The number of hydrogen-bond donors (Lipinski definition) is 2. The number of H-pyrrole nitrogens is 1. The molecule has 0 saturated carbocycles. The van der Waals surface area contributed by atoms with Gasteiger partial charge in [-0.15, -0.1) is 0 Å². The highest BCUT2D eigenvalue weighted by molar-refractivity contribution is 5.94. The van der Waals surface area contributed by atoms with E-state index in [9.17, 15) is 9.59 Å². The summed E-state index contributed by atoms with van der Waals surface area (Å²) >= 11 is 0. The van der Waals surface area contributed by atoms with Gasteiger partial charge in [0.15, 0.2) is 0 Å². The molecule has 0 saturated heterocycles. The Morgan fingerprint density at radius 3 is 2.74 bits per heavy atom. The van der Waals surface area contributed by atoms with Crippen LogP contribution in [0.4, 0.5) is 0 Å². The third kappa shape index (κ3) is 4.24. The standard InChI is InChI=1S/C22H21N3O2/c1-14(2)16-6-7-20-19(11-16)12-18(22(27)25-20)8-9-24-21(26)17-5-3-4-15(10-17)13-23/h3-7,10-12,14H,8-9H2,1-2H3,(H,24,26)(H,25,27). The van der Waals surface area contributed by atoms with Crippen LogP contribution in [-0.2, 0) is 6.42 Å². The fraction of sp³-hybridized carbons (Fsp3) is 0.227. The largest absolute Gasteiger partial charge is 0.352 e. The van der Waals surface area contributed by atoms with Crippen molar-refractivity contribution in [2.24, 2.45) is 0 Å². The Balaban J connectivity index is 1.72. The number of carbonyl (C=O) groups excluding carboxylic acids is 1. The van der Waals surface area contributed by atoms with Crippen molar-refractivity contribution in [3.8, 4) is 6.07 Å². The number of rotatable bonds is 5. The Kier molecular flexibility index (Phi) is 5.37. The SMILES string of the molecule is CC(C)c1ccc2[nH]c(=O)c(CCNC(=O)c3cccc(C#N)c3)cc2c1. The van der Waals surface area contributed by atoms with E-state index in [0.29, 0.717) is 35.6 Å². The number of aromatic nitrogens is 1. The molecule has 5 nitrogen and oxygen atoms in total. The van der Waals surface area contributed by atoms with E-state index in [0.717, 1.165) is 10.9 Å². The van der Waals surface area contributed by atoms with Gasteiger partial charge in [-0.05, 0) is 59.7 Å². The maximum absolute atomic E-state index is 12.3. The van der Waals surface area contributed by atoms with Gasteiger partial charge in [-0.3, -0.25) is 9.59 Å². The zero-order chi connectivity index (χ0) is 19.4. The molecular formula is C22H21N3O2. The first-order valence-corrected chi connectivity index (χ1v) is 8.92. The highest BCUT2D eigenvalue weighted by Crippen LogP contribution is 2.20. The molecule has 2 N–H and O–H groups in total. The minimum Gasteiger partial charge on any atom is -0.352 e. The zero-order valence-electron chi connectivity index (χ0n) is 15.4. The molecule has 27 heavy (non-hydrogen) atoms. The number of carbonyl (C=O) groups is 1. The van der Waals surface area contributed by atoms with E-state index >= 15 is 0 Å². The molecule has 5 heteroatoms. The Morgan fingerprint density at radius 1 is 1.19 bits per heavy atom. The zero-order valence-corrected chi connectivity index (χ0v) is 15.4. The molecule has 3 rings (SSSR count). The number of nitriles is 1. The minimum atomic E-state index is -0.258. The summed E-state index contributed by atoms with van der Waals surface area (Å²) in [6.07, 6.45) is 0.431. The summed E-state index contributed by atoms with van der Waals surface area (Å²) in [5.41, 5.74) is 3.39. The molecule has 0 aliphatic heterocycles. The number of pyridine rings is 1. The second-order valence-electron chi connectivity index (χ2n) is 6.82. The minimum absolute atomic E-state index is 0.138. The summed E-state index contributed by atoms with van der Waals surface area (Å²) in [7, 11) is 0. The van der Waals surface area contributed by atoms with Crippen LogP contribution in [-0.4, -0.2) is 17.4 Å². The molecule has 0 radical (unpaired) electrons. The molecule has 1 heterocycles. The number of fused-ring (bicyclic) bond motifs is 1. The van der Waals surface area contributed by atoms with Crippen molar-refractivity contribution in [3.05, 3.63) is 81.1 Å². The van der Waals surface area contributed by atoms with Crippen molar-refractivity contribution in [1.29, 1.82) is 5.26 Å². The van der Waals surface area contributed by atoms with Gasteiger partial charge in [-0.2, -0.15) is 5.26 Å². The van der Waals surface area contributed by atoms with Gasteiger partial charge in [0, 0.05) is 23.2 Å². The third-order valence-corrected chi connectivity index (χ3v) is 4.55. The Hall–Kier alpha value is -3.39. The van der Waals surface area contributed by atoms with Crippen molar-refractivity contribution in [1.82, 2.24) is 10.3 Å². The lowest BCUT2D eigenvalue weighted by atomic mass is 10.0. The average Bonchev–Trinajstić information content (AvgIpc) is 2.67. The number of nitrogens with zero attached hydrogens (tertiary/aromatic N) is 1. The topological polar surface area (TPSA) is 85.8 Å². The van der Waals surface area contributed by atoms with E-state index in [1.807, 2.05) is 24.3 Å². The number of aromatic amines is 1. The molecule has 1 amide bonds. The first kappa shape index (κ1) is 18.4. The van der Waals surface area contributed by atoms with E-state index in [4.69, 9.17) is 5.26 Å². The lowest BCUT2D eigenvalue weighted by Gasteiger charge is -2.09. The molecule has 0 aliphatic rings. The number of hydrogen-bond acceptors (Lipinski definition) is 3. The lowest BCUT2D eigenvalue weighted by molar-refractivity contribution is 0.0954. The van der Waals surface area contributed by atoms with Gasteiger partial charge < -0.3 is 10.3 Å². The van der Waals surface area contributed by atoms with Gasteiger partial charge in [0.2, 0.25) is 0 Å². The first-order chi connectivity index (χ1) is 13.0. The van der Waals surface area contributed by atoms with Crippen molar-refractivity contribution in [3.63, 3.8) is 0 Å². The second-order valence-corrected chi connectivity index (χ2v) is 6.82. The predicted molar refractivity (Wildman–Crippen MR) is 106 cm³/mol. The molecule has 0 unspecified atom stereocenters. The molecule has 3 aromatic rings. The van der Waals surface area contributed by atoms with Gasteiger partial charge in [0.1, 0.15) is 0 Å². The molecule has 0 fully saturated rings. The highest BCUT2D eigenvalue weighted by atomic mass is 16.1. The van der Waals surface area contributed by atoms with Gasteiger partial charge in [-0.1, -0.05) is 26.0 Å². The van der Waals surface area contributed by atoms with E-state index in [1.165, 1.54) is 5.56 Å². The number of amides is 1. The normalized spacial score (nSPS) is 10.7. The van der Waals surface area contributed by atoms with Gasteiger partial charge in [0.25, 0.3) is 11.5 Å². The van der Waals surface area contributed by atoms with Crippen LogP contribution in [0.1, 0.15) is 46.8 Å². The molecular weight excluding hydrogens is 338 g/mol. The smallest absolute Gasteiger partial charge is 0.251 e. The fourth-order valence-corrected chi connectivity index (χ4v) is 2.96. The van der Waals surface area contributed by atoms with Gasteiger partial charge >= 0.3 is 0 Å². The van der Waals surface area contributed by atoms with E-state index in [1.54, 1.807) is 24.3 Å². The van der Waals surface area contributed by atoms with Crippen LogP contribution in [0.25, 0.3) is 10.9 Å². The van der Waals surface area contributed by atoms with Crippen molar-refractivity contribution in [2.75, 3.05) is 6.54 Å². The Morgan fingerprint density at radius 2 is 2.00 bits per heavy atom. The van der Waals surface area contributed by atoms with Crippen LogP contribution in [0.2, 0.25) is 0 Å². The van der Waals surface area contributed by atoms with Crippen molar-refractivity contribution >= 4 is 16.8 Å². The summed E-state index contributed by atoms with van der Waals surface area (Å²) in [6.45, 7) is 4.60. The van der Waals surface area contributed by atoms with Crippen molar-refractivity contribution < 1.29 is 4.79 Å². The Labute approximate surface area is 157 Å². The summed E-state index contributed by atoms with van der Waals surface area (Å²) in [6, 6.07) is 16.5. The van der Waals surface area contributed by atoms with Crippen LogP contribution in [0.5, 0.6) is 0 Å². The number of benzene rings is 2. The molecule has 1 aromatic heterocycles. The van der Waals surface area contributed by atoms with E-state index in [-0.39, 0.29) is 11.5 Å². The summed E-state index contributed by atoms with van der Waals surface area (Å²) in [5.74, 6) is 0.152. The molecule has 136 valence electrons. The third-order valence-electron chi connectivity index (χ3n) is 4.55. The van der Waals surface area contributed by atoms with Crippen LogP contribution in [0, 0.1) is 11.3 Å². The molecule has 0 aliphatic carbocycles. The predicted octanol–water partition coefficient (Wildman–Crippen LogP) is 3.50. The van der Waals surface area contributed by atoms with Crippen LogP contribution >= 0.6 is 0 Å². The quantitative estimate of drug-likeness (QED) is 0.731. The maximum Gasteiger partial charge on any atom is 0.251 e. The molecule has 2 aromatic carbocycles. The summed E-state index contributed by atoms with van der Waals surface area (Å²) < 4.78 is 0. The summed E-state index contributed by atoms with van der Waals surface area (Å²) in [5, 5.41) is 12.7. The highest BCUT2D eigenvalue weighted by Gasteiger charge is 2.08. The molecule has 0 spiro atoms. The van der Waals surface area contributed by atoms with Crippen molar-refractivity contribution in [2.45, 2.75) is 26.2 Å². The average molecular weight is 359 g/mol.